The molecule has 1 fully saturated rings. The molecule has 16 heavy (non-hydrogen) atoms. The van der Waals surface area contributed by atoms with Crippen LogP contribution in [-0.2, 0) is 6.54 Å². The minimum atomic E-state index is -0.142. The van der Waals surface area contributed by atoms with Gasteiger partial charge in [0.2, 0.25) is 0 Å². The smallest absolute Gasteiger partial charge is 0.0695 e. The summed E-state index contributed by atoms with van der Waals surface area (Å²) in [5, 5.41) is 9.84. The number of rotatable bonds is 3. The second-order valence-electron chi connectivity index (χ2n) is 4.61. The van der Waals surface area contributed by atoms with Crippen LogP contribution in [0.1, 0.15) is 24.8 Å². The normalized spacial score (nSPS) is 25.2. The van der Waals surface area contributed by atoms with Gasteiger partial charge >= 0.3 is 0 Å². The van der Waals surface area contributed by atoms with E-state index < -0.39 is 0 Å². The lowest BCUT2D eigenvalue weighted by atomic mass is 10.1. The third kappa shape index (κ3) is 2.84. The lowest BCUT2D eigenvalue weighted by Crippen LogP contribution is -2.36. The Labute approximate surface area is 105 Å². The van der Waals surface area contributed by atoms with Crippen molar-refractivity contribution in [3.8, 4) is 0 Å². The van der Waals surface area contributed by atoms with Gasteiger partial charge < -0.3 is 5.11 Å². The molecule has 1 aliphatic rings. The predicted molar refractivity (Wildman–Crippen MR) is 69.3 cm³/mol. The predicted octanol–water partition coefficient (Wildman–Crippen LogP) is 2.79. The fourth-order valence-corrected chi connectivity index (χ4v) is 2.92. The lowest BCUT2D eigenvalue weighted by molar-refractivity contribution is 0.0825. The Bertz CT molecular complexity index is 356. The van der Waals surface area contributed by atoms with E-state index >= 15 is 0 Å². The fraction of sp³-hybridized carbons (Fsp3) is 0.538. The summed E-state index contributed by atoms with van der Waals surface area (Å²) < 4.78 is 1.12. The number of hydrogen-bond acceptors (Lipinski definition) is 2. The molecule has 0 bridgehead atoms. The van der Waals surface area contributed by atoms with Crippen LogP contribution in [0.5, 0.6) is 0 Å². The Morgan fingerprint density at radius 3 is 2.88 bits per heavy atom. The first-order valence-electron chi connectivity index (χ1n) is 5.79. The van der Waals surface area contributed by atoms with Crippen LogP contribution in [-0.4, -0.2) is 29.2 Å². The van der Waals surface area contributed by atoms with E-state index in [1.807, 2.05) is 6.07 Å². The van der Waals surface area contributed by atoms with Gasteiger partial charge in [-0.05, 0) is 44.0 Å². The van der Waals surface area contributed by atoms with Crippen molar-refractivity contribution >= 4 is 15.9 Å². The van der Waals surface area contributed by atoms with Crippen LogP contribution in [0.3, 0.4) is 0 Å². The van der Waals surface area contributed by atoms with E-state index in [4.69, 9.17) is 0 Å². The number of aliphatic hydroxyl groups is 1. The molecule has 2 rings (SSSR count). The van der Waals surface area contributed by atoms with Crippen LogP contribution in [0.25, 0.3) is 0 Å². The molecule has 1 saturated carbocycles. The van der Waals surface area contributed by atoms with Crippen LogP contribution in [0, 0.1) is 0 Å². The summed E-state index contributed by atoms with van der Waals surface area (Å²) in [5.41, 5.74) is 1.29. The maximum absolute atomic E-state index is 9.84. The van der Waals surface area contributed by atoms with Gasteiger partial charge in [0.25, 0.3) is 0 Å². The second-order valence-corrected chi connectivity index (χ2v) is 5.53. The molecule has 2 nitrogen and oxygen atoms in total. The molecule has 1 aromatic carbocycles. The minimum Gasteiger partial charge on any atom is -0.391 e. The maximum atomic E-state index is 9.84. The highest BCUT2D eigenvalue weighted by Crippen LogP contribution is 2.24. The Balaban J connectivity index is 1.99. The van der Waals surface area contributed by atoms with E-state index in [2.05, 4.69) is 46.1 Å². The van der Waals surface area contributed by atoms with Crippen molar-refractivity contribution in [2.45, 2.75) is 38.0 Å². The monoisotopic (exact) mass is 283 g/mol. The summed E-state index contributed by atoms with van der Waals surface area (Å²) in [6, 6.07) is 8.69. The lowest BCUT2D eigenvalue weighted by Gasteiger charge is -2.27. The van der Waals surface area contributed by atoms with Crippen LogP contribution in [0.15, 0.2) is 28.7 Å². The minimum absolute atomic E-state index is 0.142. The first-order valence-corrected chi connectivity index (χ1v) is 6.59. The summed E-state index contributed by atoms with van der Waals surface area (Å²) in [4.78, 5) is 2.26. The average Bonchev–Trinajstić information content (AvgIpc) is 2.64. The van der Waals surface area contributed by atoms with Crippen molar-refractivity contribution in [2.24, 2.45) is 0 Å². The fourth-order valence-electron chi connectivity index (χ4n) is 2.48. The van der Waals surface area contributed by atoms with Gasteiger partial charge in [-0.1, -0.05) is 28.1 Å². The van der Waals surface area contributed by atoms with E-state index in [9.17, 15) is 5.11 Å². The summed E-state index contributed by atoms with van der Waals surface area (Å²) in [5.74, 6) is 0. The quantitative estimate of drug-likeness (QED) is 0.922. The molecule has 0 amide bonds. The second kappa shape index (κ2) is 5.30. The van der Waals surface area contributed by atoms with Crippen LogP contribution in [0.4, 0.5) is 0 Å². The zero-order chi connectivity index (χ0) is 11.5. The Morgan fingerprint density at radius 1 is 1.44 bits per heavy atom. The molecular weight excluding hydrogens is 266 g/mol. The molecule has 2 atom stereocenters. The third-order valence-corrected chi connectivity index (χ3v) is 3.82. The highest BCUT2D eigenvalue weighted by Gasteiger charge is 2.28. The van der Waals surface area contributed by atoms with Crippen LogP contribution >= 0.6 is 15.9 Å². The van der Waals surface area contributed by atoms with Crippen molar-refractivity contribution in [2.75, 3.05) is 7.05 Å². The van der Waals surface area contributed by atoms with Crippen molar-refractivity contribution in [3.05, 3.63) is 34.3 Å². The zero-order valence-corrected chi connectivity index (χ0v) is 11.2. The largest absolute Gasteiger partial charge is 0.391 e. The number of hydrogen-bond donors (Lipinski definition) is 1. The summed E-state index contributed by atoms with van der Waals surface area (Å²) in [6.45, 7) is 0.904. The Hall–Kier alpha value is -0.380. The molecule has 1 aromatic rings. The molecule has 0 aliphatic heterocycles. The molecule has 88 valence electrons. The Morgan fingerprint density at radius 2 is 2.25 bits per heavy atom. The van der Waals surface area contributed by atoms with Crippen LogP contribution < -0.4 is 0 Å². The third-order valence-electron chi connectivity index (χ3n) is 3.33. The van der Waals surface area contributed by atoms with E-state index in [1.165, 1.54) is 5.56 Å². The average molecular weight is 284 g/mol. The number of halogens is 1. The van der Waals surface area contributed by atoms with Gasteiger partial charge in [-0.25, -0.2) is 0 Å². The van der Waals surface area contributed by atoms with Crippen molar-refractivity contribution in [1.82, 2.24) is 4.90 Å². The topological polar surface area (TPSA) is 23.5 Å². The van der Waals surface area contributed by atoms with Gasteiger partial charge in [-0.3, -0.25) is 4.90 Å². The highest BCUT2D eigenvalue weighted by molar-refractivity contribution is 9.10. The number of benzene rings is 1. The number of aliphatic hydroxyl groups excluding tert-OH is 1. The van der Waals surface area contributed by atoms with Gasteiger partial charge in [0, 0.05) is 17.1 Å². The van der Waals surface area contributed by atoms with Gasteiger partial charge in [-0.2, -0.15) is 0 Å². The van der Waals surface area contributed by atoms with Gasteiger partial charge in [-0.15, -0.1) is 0 Å². The van der Waals surface area contributed by atoms with Crippen molar-refractivity contribution in [1.29, 1.82) is 0 Å². The number of likely N-dealkylation sites (N-methyl/N-ethyl adjacent to an activating group) is 1. The molecular formula is C13H18BrNO. The van der Waals surface area contributed by atoms with E-state index in [0.717, 1.165) is 30.3 Å². The molecule has 0 radical (unpaired) electrons. The molecule has 0 saturated heterocycles. The summed E-state index contributed by atoms with van der Waals surface area (Å²) in [7, 11) is 2.10. The van der Waals surface area contributed by atoms with Gasteiger partial charge in [0.15, 0.2) is 0 Å². The van der Waals surface area contributed by atoms with Gasteiger partial charge in [0.1, 0.15) is 0 Å². The maximum Gasteiger partial charge on any atom is 0.0695 e. The Kier molecular flexibility index (Phi) is 4.00. The molecule has 1 aliphatic carbocycles. The highest BCUT2D eigenvalue weighted by atomic mass is 79.9. The SMILES string of the molecule is CN(Cc1cccc(Br)c1)[C@H]1CCC[C@@H]1O. The van der Waals surface area contributed by atoms with E-state index in [-0.39, 0.29) is 6.10 Å². The summed E-state index contributed by atoms with van der Waals surface area (Å²) in [6.07, 6.45) is 3.07. The molecule has 3 heteroatoms. The molecule has 1 N–H and O–H groups in total. The molecule has 0 unspecified atom stereocenters. The first-order chi connectivity index (χ1) is 7.66. The van der Waals surface area contributed by atoms with Crippen molar-refractivity contribution < 1.29 is 5.11 Å². The van der Waals surface area contributed by atoms with Crippen LogP contribution in [0.2, 0.25) is 0 Å². The molecule has 0 spiro atoms. The zero-order valence-electron chi connectivity index (χ0n) is 9.56. The number of nitrogens with zero attached hydrogens (tertiary/aromatic N) is 1. The van der Waals surface area contributed by atoms with E-state index in [0.29, 0.717) is 6.04 Å². The van der Waals surface area contributed by atoms with Crippen molar-refractivity contribution in [3.63, 3.8) is 0 Å². The van der Waals surface area contributed by atoms with E-state index in [1.54, 1.807) is 0 Å². The van der Waals surface area contributed by atoms with Gasteiger partial charge in [0.05, 0.1) is 6.10 Å². The molecule has 0 heterocycles. The standard InChI is InChI=1S/C13H18BrNO/c1-15(12-6-3-7-13(12)16)9-10-4-2-5-11(14)8-10/h2,4-5,8,12-13,16H,3,6-7,9H2,1H3/t12-,13-/m0/s1. The summed E-state index contributed by atoms with van der Waals surface area (Å²) >= 11 is 3.48. The molecule has 0 aromatic heterocycles. The first kappa shape index (κ1) is 12.1.